The number of fused-ring (bicyclic) bond motifs is 1. The minimum atomic E-state index is 0.243. The van der Waals surface area contributed by atoms with Gasteiger partial charge in [0.1, 0.15) is 0 Å². The predicted molar refractivity (Wildman–Crippen MR) is 80.1 cm³/mol. The zero-order valence-electron chi connectivity index (χ0n) is 12.8. The Hall–Kier alpha value is -1.53. The van der Waals surface area contributed by atoms with Crippen LogP contribution in [0.2, 0.25) is 0 Å². The third-order valence-corrected chi connectivity index (χ3v) is 4.91. The van der Waals surface area contributed by atoms with Gasteiger partial charge in [0.05, 0.1) is 37.2 Å². The first-order chi connectivity index (χ1) is 10.8. The van der Waals surface area contributed by atoms with Gasteiger partial charge in [0, 0.05) is 38.4 Å². The van der Waals surface area contributed by atoms with Crippen LogP contribution in [-0.4, -0.2) is 64.6 Å². The lowest BCUT2D eigenvalue weighted by molar-refractivity contribution is -0.142. The van der Waals surface area contributed by atoms with E-state index < -0.39 is 0 Å². The third kappa shape index (κ3) is 2.85. The lowest BCUT2D eigenvalue weighted by Gasteiger charge is -2.37. The highest BCUT2D eigenvalue weighted by Crippen LogP contribution is 2.36. The minimum Gasteiger partial charge on any atom is -0.377 e. The molecule has 1 saturated heterocycles. The summed E-state index contributed by atoms with van der Waals surface area (Å²) in [6.45, 7) is 4.22. The van der Waals surface area contributed by atoms with Crippen molar-refractivity contribution < 1.29 is 9.53 Å². The van der Waals surface area contributed by atoms with E-state index in [2.05, 4.69) is 19.8 Å². The van der Waals surface area contributed by atoms with Gasteiger partial charge in [0.25, 0.3) is 0 Å². The molecular weight excluding hydrogens is 280 g/mol. The molecule has 2 aliphatic heterocycles. The van der Waals surface area contributed by atoms with Crippen molar-refractivity contribution in [1.82, 2.24) is 19.8 Å². The van der Waals surface area contributed by atoms with Crippen LogP contribution >= 0.6 is 0 Å². The first-order valence-corrected chi connectivity index (χ1v) is 8.19. The van der Waals surface area contributed by atoms with Gasteiger partial charge in [-0.25, -0.2) is 0 Å². The van der Waals surface area contributed by atoms with Gasteiger partial charge in [-0.2, -0.15) is 0 Å². The number of ether oxygens (including phenoxy) is 1. The summed E-state index contributed by atoms with van der Waals surface area (Å²) in [6.07, 6.45) is 6.84. The number of nitrogens with zero attached hydrogens (tertiary/aromatic N) is 4. The Morgan fingerprint density at radius 1 is 1.23 bits per heavy atom. The smallest absolute Gasteiger partial charge is 0.237 e. The molecule has 1 aromatic rings. The lowest BCUT2D eigenvalue weighted by Crippen LogP contribution is -2.53. The number of carbonyl (C=O) groups is 1. The number of hydrogen-bond acceptors (Lipinski definition) is 5. The largest absolute Gasteiger partial charge is 0.377 e. The quantitative estimate of drug-likeness (QED) is 0.812. The molecule has 0 radical (unpaired) electrons. The molecule has 6 nitrogen and oxygen atoms in total. The van der Waals surface area contributed by atoms with Crippen molar-refractivity contribution in [3.05, 3.63) is 23.8 Å². The van der Waals surface area contributed by atoms with E-state index in [0.717, 1.165) is 37.4 Å². The van der Waals surface area contributed by atoms with Gasteiger partial charge >= 0.3 is 0 Å². The van der Waals surface area contributed by atoms with E-state index in [0.29, 0.717) is 31.7 Å². The molecule has 1 amide bonds. The van der Waals surface area contributed by atoms with Crippen LogP contribution in [0.25, 0.3) is 0 Å². The van der Waals surface area contributed by atoms with E-state index in [1.54, 1.807) is 12.4 Å². The SMILES string of the molecule is O=C(CN1CCc2nccnc2C1)N1CCOCC1C1CC1. The molecule has 4 rings (SSSR count). The van der Waals surface area contributed by atoms with Crippen molar-refractivity contribution in [3.8, 4) is 0 Å². The Bertz CT molecular complexity index is 561. The van der Waals surface area contributed by atoms with Crippen molar-refractivity contribution in [3.63, 3.8) is 0 Å². The first-order valence-electron chi connectivity index (χ1n) is 8.19. The number of amides is 1. The molecule has 2 fully saturated rings. The summed E-state index contributed by atoms with van der Waals surface area (Å²) in [4.78, 5) is 25.7. The van der Waals surface area contributed by atoms with Gasteiger partial charge in [0.2, 0.25) is 5.91 Å². The molecule has 1 aromatic heterocycles. The van der Waals surface area contributed by atoms with Crippen molar-refractivity contribution in [2.24, 2.45) is 5.92 Å². The van der Waals surface area contributed by atoms with Crippen molar-refractivity contribution in [1.29, 1.82) is 0 Å². The van der Waals surface area contributed by atoms with Gasteiger partial charge in [0.15, 0.2) is 0 Å². The van der Waals surface area contributed by atoms with Crippen LogP contribution in [0.1, 0.15) is 24.2 Å². The third-order valence-electron chi connectivity index (χ3n) is 4.91. The summed E-state index contributed by atoms with van der Waals surface area (Å²) in [6, 6.07) is 0.304. The van der Waals surface area contributed by atoms with Crippen LogP contribution in [0.3, 0.4) is 0 Å². The van der Waals surface area contributed by atoms with Gasteiger partial charge < -0.3 is 9.64 Å². The molecule has 0 aromatic carbocycles. The van der Waals surface area contributed by atoms with E-state index in [4.69, 9.17) is 4.74 Å². The molecule has 0 N–H and O–H groups in total. The maximum Gasteiger partial charge on any atom is 0.237 e. The normalized spacial score (nSPS) is 25.8. The molecule has 118 valence electrons. The van der Waals surface area contributed by atoms with Crippen molar-refractivity contribution in [2.75, 3.05) is 32.8 Å². The zero-order chi connectivity index (χ0) is 14.9. The highest BCUT2D eigenvalue weighted by molar-refractivity contribution is 5.78. The van der Waals surface area contributed by atoms with Crippen molar-refractivity contribution >= 4 is 5.91 Å². The Balaban J connectivity index is 1.39. The van der Waals surface area contributed by atoms with Crippen LogP contribution < -0.4 is 0 Å². The van der Waals surface area contributed by atoms with Crippen LogP contribution in [0.4, 0.5) is 0 Å². The van der Waals surface area contributed by atoms with E-state index in [-0.39, 0.29) is 5.91 Å². The number of carbonyl (C=O) groups excluding carboxylic acids is 1. The number of rotatable bonds is 3. The fraction of sp³-hybridized carbons (Fsp3) is 0.688. The molecular formula is C16H22N4O2. The van der Waals surface area contributed by atoms with Crippen LogP contribution in [0.5, 0.6) is 0 Å². The Labute approximate surface area is 130 Å². The molecule has 1 saturated carbocycles. The molecule has 22 heavy (non-hydrogen) atoms. The van der Waals surface area contributed by atoms with Crippen molar-refractivity contribution in [2.45, 2.75) is 31.8 Å². The Kier molecular flexibility index (Phi) is 3.80. The summed E-state index contributed by atoms with van der Waals surface area (Å²) in [5, 5.41) is 0. The number of morpholine rings is 1. The average Bonchev–Trinajstić information content (AvgIpc) is 3.39. The molecule has 1 aliphatic carbocycles. The highest BCUT2D eigenvalue weighted by Gasteiger charge is 2.39. The fourth-order valence-corrected chi connectivity index (χ4v) is 3.51. The van der Waals surface area contributed by atoms with Crippen LogP contribution in [0, 0.1) is 5.92 Å². The molecule has 0 bridgehead atoms. The predicted octanol–water partition coefficient (Wildman–Crippen LogP) is 0.472. The molecule has 1 atom stereocenters. The van der Waals surface area contributed by atoms with Gasteiger partial charge in [-0.1, -0.05) is 0 Å². The summed E-state index contributed by atoms with van der Waals surface area (Å²) < 4.78 is 5.57. The standard InChI is InChI=1S/C16H22N4O2/c21-16(20-7-8-22-11-15(20)12-1-2-12)10-19-6-3-13-14(9-19)18-5-4-17-13/h4-5,12,15H,1-3,6-11H2. The summed E-state index contributed by atoms with van der Waals surface area (Å²) in [5.41, 5.74) is 2.09. The first kappa shape index (κ1) is 14.1. The fourth-order valence-electron chi connectivity index (χ4n) is 3.51. The zero-order valence-corrected chi connectivity index (χ0v) is 12.8. The van der Waals surface area contributed by atoms with E-state index >= 15 is 0 Å². The van der Waals surface area contributed by atoms with Gasteiger partial charge in [-0.15, -0.1) is 0 Å². The number of aromatic nitrogens is 2. The molecule has 6 heteroatoms. The Morgan fingerprint density at radius 3 is 2.86 bits per heavy atom. The second-order valence-corrected chi connectivity index (χ2v) is 6.48. The summed E-state index contributed by atoms with van der Waals surface area (Å²) in [5.74, 6) is 0.907. The summed E-state index contributed by atoms with van der Waals surface area (Å²) >= 11 is 0. The van der Waals surface area contributed by atoms with E-state index in [1.807, 2.05) is 0 Å². The second kappa shape index (κ2) is 5.93. The van der Waals surface area contributed by atoms with Crippen LogP contribution in [0.15, 0.2) is 12.4 Å². The van der Waals surface area contributed by atoms with E-state index in [9.17, 15) is 4.79 Å². The lowest BCUT2D eigenvalue weighted by atomic mass is 10.1. The maximum atomic E-state index is 12.7. The molecule has 0 spiro atoms. The summed E-state index contributed by atoms with van der Waals surface area (Å²) in [7, 11) is 0. The number of hydrogen-bond donors (Lipinski definition) is 0. The second-order valence-electron chi connectivity index (χ2n) is 6.48. The topological polar surface area (TPSA) is 58.6 Å². The highest BCUT2D eigenvalue weighted by atomic mass is 16.5. The van der Waals surface area contributed by atoms with Crippen LogP contribution in [-0.2, 0) is 22.5 Å². The molecule has 3 heterocycles. The maximum absolute atomic E-state index is 12.7. The van der Waals surface area contributed by atoms with Gasteiger partial charge in [-0.05, 0) is 18.8 Å². The van der Waals surface area contributed by atoms with E-state index in [1.165, 1.54) is 12.8 Å². The minimum absolute atomic E-state index is 0.243. The Morgan fingerprint density at radius 2 is 2.05 bits per heavy atom. The molecule has 3 aliphatic rings. The monoisotopic (exact) mass is 302 g/mol. The molecule has 1 unspecified atom stereocenters. The average molecular weight is 302 g/mol. The van der Waals surface area contributed by atoms with Gasteiger partial charge in [-0.3, -0.25) is 19.7 Å².